The van der Waals surface area contributed by atoms with Crippen LogP contribution in [0.5, 0.6) is 46.0 Å². The van der Waals surface area contributed by atoms with Crippen LogP contribution >= 0.6 is 90.4 Å². The molecule has 0 radical (unpaired) electrons. The predicted octanol–water partition coefficient (Wildman–Crippen LogP) is 23.4. The summed E-state index contributed by atoms with van der Waals surface area (Å²) in [5, 5.41) is 0. The Hall–Kier alpha value is -8.04. The molecule has 0 fully saturated rings. The summed E-state index contributed by atoms with van der Waals surface area (Å²) in [6.45, 7) is 0. The van der Waals surface area contributed by atoms with E-state index in [2.05, 4.69) is 357 Å². The van der Waals surface area contributed by atoms with Crippen molar-refractivity contribution in [3.63, 3.8) is 0 Å². The van der Waals surface area contributed by atoms with Gasteiger partial charge in [0.2, 0.25) is 0 Å². The van der Waals surface area contributed by atoms with Crippen LogP contribution in [0.3, 0.4) is 0 Å². The highest BCUT2D eigenvalue weighted by molar-refractivity contribution is 14.1. The Morgan fingerprint density at radius 2 is 0.370 bits per heavy atom. The van der Waals surface area contributed by atoms with Crippen molar-refractivity contribution in [2.75, 3.05) is 0 Å². The maximum atomic E-state index is 7.64. The molecule has 496 valence electrons. The van der Waals surface area contributed by atoms with Gasteiger partial charge in [-0.15, -0.1) is 0 Å². The molecule has 5 aliphatic rings. The molecule has 1 aliphatic carbocycles. The first-order valence-corrected chi connectivity index (χ1v) is 38.6. The summed E-state index contributed by atoms with van der Waals surface area (Å²) >= 11 is 9.49. The third kappa shape index (κ3) is 13.7. The smallest absolute Gasteiger partial charge is 0.267 e. The fraction of sp³-hybridized carbons (Fsp3) is 0.182. The highest BCUT2D eigenvalue weighted by Crippen LogP contribution is 2.58. The zero-order valence-corrected chi connectivity index (χ0v) is 63.1. The fourth-order valence-electron chi connectivity index (χ4n) is 15.2. The SMILES string of the molecule is Ic1ccc(C2Oc3cc4c5cc3C(CCc3ccccc3)c3cc6c(cc3O2)OC(c2ccc(I)cc2)Oc2cc3c(cc2C6CCc2ccccc2)C(CCc2ccccc2)c2cc(c(cc2OC(c2ccc(I)cc2)O3)OC(c2ccc(I)cc2)O4)C5CCc2ccccc2)cc1. The van der Waals surface area contributed by atoms with Crippen molar-refractivity contribution < 1.29 is 37.9 Å². The lowest BCUT2D eigenvalue weighted by atomic mass is 9.75. The second-order valence-electron chi connectivity index (χ2n) is 26.5. The van der Waals surface area contributed by atoms with Crippen molar-refractivity contribution in [2.24, 2.45) is 0 Å². The number of ether oxygens (including phenoxy) is 8. The van der Waals surface area contributed by atoms with E-state index in [1.165, 1.54) is 22.3 Å². The van der Waals surface area contributed by atoms with E-state index in [4.69, 9.17) is 37.9 Å². The van der Waals surface area contributed by atoms with E-state index in [0.29, 0.717) is 71.7 Å². The minimum Gasteiger partial charge on any atom is -0.450 e. The molecule has 12 aromatic carbocycles. The van der Waals surface area contributed by atoms with Crippen molar-refractivity contribution in [2.45, 2.75) is 100 Å². The summed E-state index contributed by atoms with van der Waals surface area (Å²) in [5.74, 6) is 4.20. The average Bonchev–Trinajstić information content (AvgIpc) is 0.733. The summed E-state index contributed by atoms with van der Waals surface area (Å²) in [5.41, 5.74) is 16.7. The number of benzene rings is 12. The molecule has 0 saturated carbocycles. The zero-order valence-electron chi connectivity index (χ0n) is 54.5. The molecule has 0 unspecified atom stereocenters. The van der Waals surface area contributed by atoms with Gasteiger partial charge in [0.05, 0.1) is 0 Å². The van der Waals surface area contributed by atoms with Gasteiger partial charge in [0.15, 0.2) is 0 Å². The van der Waals surface area contributed by atoms with Crippen LogP contribution in [0.15, 0.2) is 267 Å². The van der Waals surface area contributed by atoms with Gasteiger partial charge in [-0.05, 0) is 237 Å². The lowest BCUT2D eigenvalue weighted by Crippen LogP contribution is -2.26. The second kappa shape index (κ2) is 28.8. The molecule has 0 aromatic heterocycles. The minimum absolute atomic E-state index is 0.291. The van der Waals surface area contributed by atoms with Crippen LogP contribution in [0.1, 0.15) is 164 Å². The molecule has 0 amide bonds. The maximum Gasteiger partial charge on any atom is 0.267 e. The molecule has 12 heteroatoms. The Morgan fingerprint density at radius 3 is 0.540 bits per heavy atom. The molecule has 17 rings (SSSR count). The largest absolute Gasteiger partial charge is 0.450 e. The summed E-state index contributed by atoms with van der Waals surface area (Å²) in [6.07, 6.45) is 2.28. The highest BCUT2D eigenvalue weighted by atomic mass is 127. The van der Waals surface area contributed by atoms with Crippen LogP contribution in [0.25, 0.3) is 0 Å². The molecule has 12 aromatic rings. The first-order chi connectivity index (χ1) is 49.1. The normalized spacial score (nSPS) is 19.6. The van der Waals surface area contributed by atoms with E-state index in [-0.39, 0.29) is 23.7 Å². The molecular weight excluding hydrogens is 1690 g/mol. The molecule has 4 heterocycles. The minimum atomic E-state index is -0.910. The van der Waals surface area contributed by atoms with E-state index in [1.807, 2.05) is 0 Å². The van der Waals surface area contributed by atoms with E-state index in [1.54, 1.807) is 0 Å². The number of hydrogen-bond acceptors (Lipinski definition) is 8. The van der Waals surface area contributed by atoms with Crippen LogP contribution in [0, 0.1) is 14.3 Å². The van der Waals surface area contributed by atoms with Crippen molar-refractivity contribution in [1.82, 2.24) is 0 Å². The Bertz CT molecular complexity index is 4180. The molecule has 4 aliphatic heterocycles. The van der Waals surface area contributed by atoms with Crippen molar-refractivity contribution >= 4 is 90.4 Å². The van der Waals surface area contributed by atoms with E-state index in [0.717, 1.165) is 107 Å². The molecule has 0 saturated heterocycles. The molecule has 0 atom stereocenters. The molecule has 0 spiro atoms. The van der Waals surface area contributed by atoms with Gasteiger partial charge in [-0.25, -0.2) is 0 Å². The lowest BCUT2D eigenvalue weighted by molar-refractivity contribution is -0.0120. The summed E-state index contributed by atoms with van der Waals surface area (Å²) in [7, 11) is 0. The summed E-state index contributed by atoms with van der Waals surface area (Å²) in [4.78, 5) is 0. The van der Waals surface area contributed by atoms with Crippen LogP contribution in [0.2, 0.25) is 0 Å². The quantitative estimate of drug-likeness (QED) is 0.0886. The number of hydrogen-bond donors (Lipinski definition) is 0. The molecule has 8 bridgehead atoms. The van der Waals surface area contributed by atoms with Crippen molar-refractivity contribution in [1.29, 1.82) is 0 Å². The van der Waals surface area contributed by atoms with Gasteiger partial charge in [0, 0.05) is 129 Å². The molecular formula is C88H68I4O8. The zero-order chi connectivity index (χ0) is 67.2. The average molecular weight is 1760 g/mol. The third-order valence-corrected chi connectivity index (χ3v) is 23.1. The van der Waals surface area contributed by atoms with E-state index in [9.17, 15) is 0 Å². The Morgan fingerprint density at radius 1 is 0.200 bits per heavy atom. The van der Waals surface area contributed by atoms with Gasteiger partial charge in [-0.1, -0.05) is 170 Å². The van der Waals surface area contributed by atoms with E-state index >= 15 is 0 Å². The van der Waals surface area contributed by atoms with E-state index < -0.39 is 25.2 Å². The van der Waals surface area contributed by atoms with Crippen molar-refractivity contribution in [3.05, 3.63) is 370 Å². The third-order valence-electron chi connectivity index (χ3n) is 20.3. The first kappa shape index (κ1) is 65.3. The monoisotopic (exact) mass is 1760 g/mol. The van der Waals surface area contributed by atoms with Gasteiger partial charge in [-0.2, -0.15) is 0 Å². The van der Waals surface area contributed by atoms with Gasteiger partial charge < -0.3 is 37.9 Å². The van der Waals surface area contributed by atoms with Gasteiger partial charge >= 0.3 is 0 Å². The van der Waals surface area contributed by atoms with Gasteiger partial charge in [-0.3, -0.25) is 0 Å². The molecule has 100 heavy (non-hydrogen) atoms. The van der Waals surface area contributed by atoms with Gasteiger partial charge in [0.1, 0.15) is 46.0 Å². The maximum absolute atomic E-state index is 7.64. The topological polar surface area (TPSA) is 73.8 Å². The predicted molar refractivity (Wildman–Crippen MR) is 425 cm³/mol. The summed E-state index contributed by atoms with van der Waals surface area (Å²) in [6, 6.07) is 95.6. The molecule has 0 N–H and O–H groups in total. The number of aryl methyl sites for hydroxylation is 4. The standard InChI is InChI=1S/C88H68I4O8/c89-61-33-25-57(26-34-61)85-93-77-49-79-71-45-69(77)65(41-21-53-13-5-1-6-14-53)70-46-72-67(43-23-55-17-9-3-10-18-55)74-48-76-68(44-24-56-19-11-4-12-20-56)75-47-73(66(71)42-22-54-15-7-2-8-16-54)81(97-86(95-79)58-27-35-62(90)36-28-58)51-83(75)99-88(60-31-39-64(92)40-32-60)100-84(76)52-82(74)98-87(59-29-37-63(91)38-30-59)96-80(72)50-78(70)94-85/h1-20,25-40,45-52,65-68,85-88H,21-24,41-44H2. The van der Waals surface area contributed by atoms with Gasteiger partial charge in [0.25, 0.3) is 25.2 Å². The molecule has 8 nitrogen and oxygen atoms in total. The van der Waals surface area contributed by atoms with Crippen molar-refractivity contribution in [3.8, 4) is 46.0 Å². The Labute approximate surface area is 638 Å². The van der Waals surface area contributed by atoms with Crippen LogP contribution in [0.4, 0.5) is 0 Å². The van der Waals surface area contributed by atoms with Crippen LogP contribution in [-0.2, 0) is 25.7 Å². The Balaban J connectivity index is 1.01. The van der Waals surface area contributed by atoms with Crippen LogP contribution < -0.4 is 37.9 Å². The fourth-order valence-corrected chi connectivity index (χ4v) is 16.6. The Kier molecular flexibility index (Phi) is 18.8. The highest BCUT2D eigenvalue weighted by Gasteiger charge is 2.42. The summed E-state index contributed by atoms with van der Waals surface area (Å²) < 4.78 is 65.5. The first-order valence-electron chi connectivity index (χ1n) is 34.3. The number of rotatable bonds is 16. The van der Waals surface area contributed by atoms with Crippen LogP contribution in [-0.4, -0.2) is 0 Å². The lowest BCUT2D eigenvalue weighted by Gasteiger charge is -2.38. The number of halogens is 4. The second-order valence-corrected chi connectivity index (χ2v) is 31.5.